The molecule has 74 valence electrons. The van der Waals surface area contributed by atoms with Crippen LogP contribution in [0.1, 0.15) is 23.1 Å². The summed E-state index contributed by atoms with van der Waals surface area (Å²) in [6.07, 6.45) is 0.702. The van der Waals surface area contributed by atoms with Crippen LogP contribution in [0.3, 0.4) is 0 Å². The molecule has 0 aliphatic carbocycles. The van der Waals surface area contributed by atoms with Crippen LogP contribution in [0.15, 0.2) is 12.1 Å². The normalized spacial score (nSPS) is 9.36. The molecule has 0 fully saturated rings. The first kappa shape index (κ1) is 10.9. The van der Waals surface area contributed by atoms with Gasteiger partial charge in [-0.15, -0.1) is 11.6 Å². The highest BCUT2D eigenvalue weighted by Crippen LogP contribution is 2.18. The maximum Gasteiger partial charge on any atom is 0.0503 e. The topological polar surface area (TPSA) is 26.0 Å². The Balaban J connectivity index is 3.04. The highest BCUT2D eigenvalue weighted by Gasteiger charge is 1.99. The molecule has 0 radical (unpaired) electrons. The maximum absolute atomic E-state index is 5.90. The van der Waals surface area contributed by atoms with E-state index in [9.17, 15) is 0 Å². The van der Waals surface area contributed by atoms with Crippen LogP contribution in [-0.4, -0.2) is 5.88 Å². The molecule has 2 N–H and O–H groups in total. The maximum atomic E-state index is 5.90. The summed E-state index contributed by atoms with van der Waals surface area (Å²) in [6, 6.07) is 4.06. The Morgan fingerprint density at radius 3 is 2.71 bits per heavy atom. The molecule has 14 heavy (non-hydrogen) atoms. The molecule has 1 nitrogen and oxygen atoms in total. The minimum atomic E-state index is 0.567. The van der Waals surface area contributed by atoms with Gasteiger partial charge in [-0.2, -0.15) is 0 Å². The van der Waals surface area contributed by atoms with E-state index in [1.165, 1.54) is 5.56 Å². The van der Waals surface area contributed by atoms with Crippen molar-refractivity contribution in [2.45, 2.75) is 20.3 Å². The van der Waals surface area contributed by atoms with Gasteiger partial charge in [0.05, 0.1) is 5.69 Å². The summed E-state index contributed by atoms with van der Waals surface area (Å²) in [5.41, 5.74) is 9.85. The highest BCUT2D eigenvalue weighted by molar-refractivity contribution is 6.18. The zero-order chi connectivity index (χ0) is 10.6. The lowest BCUT2D eigenvalue weighted by atomic mass is 10.0. The molecule has 0 aliphatic rings. The molecule has 0 unspecified atom stereocenters. The van der Waals surface area contributed by atoms with Gasteiger partial charge < -0.3 is 5.73 Å². The summed E-state index contributed by atoms with van der Waals surface area (Å²) in [5, 5.41) is 0. The molecule has 0 aromatic heterocycles. The number of nitrogen functional groups attached to an aromatic ring is 1. The first-order chi connectivity index (χ1) is 6.65. The van der Waals surface area contributed by atoms with Gasteiger partial charge in [0.2, 0.25) is 0 Å². The van der Waals surface area contributed by atoms with Gasteiger partial charge in [-0.25, -0.2) is 0 Å². The zero-order valence-electron chi connectivity index (χ0n) is 8.52. The predicted molar refractivity (Wildman–Crippen MR) is 62.5 cm³/mol. The summed E-state index contributed by atoms with van der Waals surface area (Å²) >= 11 is 5.54. The third kappa shape index (κ3) is 2.68. The molecule has 0 spiro atoms. The molecular formula is C12H14ClN. The lowest BCUT2D eigenvalue weighted by Crippen LogP contribution is -1.95. The number of benzene rings is 1. The SMILES string of the molecule is Cc1cc(C)c(N)c(C#CCCCl)c1. The van der Waals surface area contributed by atoms with Crippen molar-refractivity contribution >= 4 is 17.3 Å². The smallest absolute Gasteiger partial charge is 0.0503 e. The largest absolute Gasteiger partial charge is 0.398 e. The minimum absolute atomic E-state index is 0.567. The van der Waals surface area contributed by atoms with Gasteiger partial charge in [0.15, 0.2) is 0 Å². The Bertz CT molecular complexity index is 385. The Morgan fingerprint density at radius 1 is 1.36 bits per heavy atom. The second-order valence-corrected chi connectivity index (χ2v) is 3.66. The number of hydrogen-bond donors (Lipinski definition) is 1. The molecule has 0 atom stereocenters. The molecular weight excluding hydrogens is 194 g/mol. The first-order valence-electron chi connectivity index (χ1n) is 4.56. The van der Waals surface area contributed by atoms with Gasteiger partial charge in [0.1, 0.15) is 0 Å². The molecule has 0 saturated carbocycles. The summed E-state index contributed by atoms with van der Waals surface area (Å²) < 4.78 is 0. The van der Waals surface area contributed by atoms with Crippen molar-refractivity contribution in [3.05, 3.63) is 28.8 Å². The monoisotopic (exact) mass is 207 g/mol. The fourth-order valence-electron chi connectivity index (χ4n) is 1.29. The van der Waals surface area contributed by atoms with Crippen molar-refractivity contribution in [2.75, 3.05) is 11.6 Å². The Kier molecular flexibility index (Phi) is 3.85. The first-order valence-corrected chi connectivity index (χ1v) is 5.10. The van der Waals surface area contributed by atoms with Crippen LogP contribution in [0.4, 0.5) is 5.69 Å². The predicted octanol–water partition coefficient (Wildman–Crippen LogP) is 2.87. The van der Waals surface area contributed by atoms with Crippen molar-refractivity contribution in [3.63, 3.8) is 0 Å². The van der Waals surface area contributed by atoms with Gasteiger partial charge in [0.25, 0.3) is 0 Å². The van der Waals surface area contributed by atoms with Gasteiger partial charge >= 0.3 is 0 Å². The van der Waals surface area contributed by atoms with Crippen molar-refractivity contribution in [1.29, 1.82) is 0 Å². The third-order valence-corrected chi connectivity index (χ3v) is 2.16. The molecule has 0 heterocycles. The molecule has 2 heteroatoms. The number of rotatable bonds is 1. The number of alkyl halides is 1. The third-order valence-electron chi connectivity index (χ3n) is 1.97. The fourth-order valence-corrected chi connectivity index (χ4v) is 1.38. The van der Waals surface area contributed by atoms with E-state index in [1.54, 1.807) is 0 Å². The van der Waals surface area contributed by atoms with E-state index >= 15 is 0 Å². The van der Waals surface area contributed by atoms with E-state index < -0.39 is 0 Å². The molecule has 0 aliphatic heterocycles. The van der Waals surface area contributed by atoms with Crippen LogP contribution < -0.4 is 5.73 Å². The fraction of sp³-hybridized carbons (Fsp3) is 0.333. The van der Waals surface area contributed by atoms with Crippen LogP contribution in [0.25, 0.3) is 0 Å². The van der Waals surface area contributed by atoms with E-state index in [4.69, 9.17) is 17.3 Å². The van der Waals surface area contributed by atoms with Gasteiger partial charge in [-0.05, 0) is 31.0 Å². The molecule has 1 rings (SSSR count). The van der Waals surface area contributed by atoms with Crippen LogP contribution >= 0.6 is 11.6 Å². The second kappa shape index (κ2) is 4.93. The number of aryl methyl sites for hydroxylation is 2. The summed E-state index contributed by atoms with van der Waals surface area (Å²) in [7, 11) is 0. The molecule has 0 saturated heterocycles. The molecule has 0 amide bonds. The van der Waals surface area contributed by atoms with Gasteiger partial charge in [-0.3, -0.25) is 0 Å². The van der Waals surface area contributed by atoms with E-state index in [0.29, 0.717) is 12.3 Å². The van der Waals surface area contributed by atoms with Crippen LogP contribution in [0.5, 0.6) is 0 Å². The van der Waals surface area contributed by atoms with E-state index in [-0.39, 0.29) is 0 Å². The second-order valence-electron chi connectivity index (χ2n) is 3.28. The lowest BCUT2D eigenvalue weighted by Gasteiger charge is -2.04. The molecule has 0 bridgehead atoms. The average molecular weight is 208 g/mol. The zero-order valence-corrected chi connectivity index (χ0v) is 9.28. The summed E-state index contributed by atoms with van der Waals surface area (Å²) in [4.78, 5) is 0. The Morgan fingerprint density at radius 2 is 2.07 bits per heavy atom. The number of anilines is 1. The van der Waals surface area contributed by atoms with E-state index in [1.807, 2.05) is 19.9 Å². The Labute approximate surface area is 90.3 Å². The Hall–Kier alpha value is -1.13. The van der Waals surface area contributed by atoms with E-state index in [2.05, 4.69) is 17.9 Å². The van der Waals surface area contributed by atoms with Crippen LogP contribution in [-0.2, 0) is 0 Å². The highest BCUT2D eigenvalue weighted by atomic mass is 35.5. The van der Waals surface area contributed by atoms with Crippen molar-refractivity contribution in [2.24, 2.45) is 0 Å². The molecule has 1 aromatic rings. The van der Waals surface area contributed by atoms with Crippen molar-refractivity contribution < 1.29 is 0 Å². The van der Waals surface area contributed by atoms with Gasteiger partial charge in [-0.1, -0.05) is 17.9 Å². The van der Waals surface area contributed by atoms with Crippen LogP contribution in [0.2, 0.25) is 0 Å². The summed E-state index contributed by atoms with van der Waals surface area (Å²) in [5.74, 6) is 6.59. The van der Waals surface area contributed by atoms with Crippen molar-refractivity contribution in [3.8, 4) is 11.8 Å². The summed E-state index contributed by atoms with van der Waals surface area (Å²) in [6.45, 7) is 4.04. The lowest BCUT2D eigenvalue weighted by molar-refractivity contribution is 1.29. The quantitative estimate of drug-likeness (QED) is 0.428. The average Bonchev–Trinajstić information content (AvgIpc) is 2.13. The number of halogens is 1. The number of nitrogens with two attached hydrogens (primary N) is 1. The van der Waals surface area contributed by atoms with E-state index in [0.717, 1.165) is 16.8 Å². The standard InChI is InChI=1S/C12H14ClN/c1-9-7-10(2)12(14)11(8-9)5-3-4-6-13/h7-8H,4,6,14H2,1-2H3. The minimum Gasteiger partial charge on any atom is -0.398 e. The van der Waals surface area contributed by atoms with Crippen LogP contribution in [0, 0.1) is 25.7 Å². The van der Waals surface area contributed by atoms with Crippen molar-refractivity contribution in [1.82, 2.24) is 0 Å². The number of hydrogen-bond acceptors (Lipinski definition) is 1. The van der Waals surface area contributed by atoms with Gasteiger partial charge in [0, 0.05) is 17.9 Å². The molecule has 1 aromatic carbocycles.